The van der Waals surface area contributed by atoms with Crippen LogP contribution in [0.3, 0.4) is 0 Å². The molecule has 2 aromatic heterocycles. The maximum Gasteiger partial charge on any atom is 0.407 e. The highest BCUT2D eigenvalue weighted by Crippen LogP contribution is 2.36. The fourth-order valence-corrected chi connectivity index (χ4v) is 3.81. The van der Waals surface area contributed by atoms with Gasteiger partial charge >= 0.3 is 6.09 Å². The minimum Gasteiger partial charge on any atom is -0.446 e. The highest BCUT2D eigenvalue weighted by molar-refractivity contribution is 5.91. The average molecular weight is 403 g/mol. The Balaban J connectivity index is 1.25. The molecular weight excluding hydrogens is 378 g/mol. The van der Waals surface area contributed by atoms with Crippen molar-refractivity contribution in [2.24, 2.45) is 0 Å². The van der Waals surface area contributed by atoms with Gasteiger partial charge in [-0.25, -0.2) is 4.79 Å². The zero-order valence-electron chi connectivity index (χ0n) is 16.3. The van der Waals surface area contributed by atoms with Crippen molar-refractivity contribution >= 4 is 17.8 Å². The fraction of sp³-hybridized carbons (Fsp3) is 0.579. The summed E-state index contributed by atoms with van der Waals surface area (Å²) in [4.78, 5) is 24.2. The van der Waals surface area contributed by atoms with Gasteiger partial charge in [-0.3, -0.25) is 9.89 Å². The summed E-state index contributed by atoms with van der Waals surface area (Å²) in [6, 6.07) is 3.47. The van der Waals surface area contributed by atoms with E-state index in [1.54, 1.807) is 6.07 Å². The highest BCUT2D eigenvalue weighted by atomic mass is 16.6. The maximum atomic E-state index is 12.2. The second kappa shape index (κ2) is 8.24. The van der Waals surface area contributed by atoms with Gasteiger partial charge in [-0.1, -0.05) is 5.16 Å². The molecule has 0 bridgehead atoms. The van der Waals surface area contributed by atoms with Crippen molar-refractivity contribution in [2.45, 2.75) is 56.6 Å². The van der Waals surface area contributed by atoms with Gasteiger partial charge in [0.25, 0.3) is 0 Å². The van der Waals surface area contributed by atoms with Crippen LogP contribution in [0.1, 0.15) is 50.0 Å². The fourth-order valence-electron chi connectivity index (χ4n) is 3.81. The highest BCUT2D eigenvalue weighted by Gasteiger charge is 2.34. The number of ether oxygens (including phenoxy) is 2. The number of aromatic nitrogens is 3. The molecule has 0 spiro atoms. The summed E-state index contributed by atoms with van der Waals surface area (Å²) in [7, 11) is 0. The predicted octanol–water partition coefficient (Wildman–Crippen LogP) is 2.12. The quantitative estimate of drug-likeness (QED) is 0.673. The van der Waals surface area contributed by atoms with Crippen LogP contribution in [0.25, 0.3) is 0 Å². The van der Waals surface area contributed by atoms with Gasteiger partial charge in [-0.15, -0.1) is 0 Å². The third-order valence-corrected chi connectivity index (χ3v) is 5.41. The van der Waals surface area contributed by atoms with Gasteiger partial charge in [0.05, 0.1) is 24.8 Å². The van der Waals surface area contributed by atoms with Gasteiger partial charge in [0.15, 0.2) is 5.82 Å². The number of carbonyl (C=O) groups excluding carboxylic acids is 2. The molecule has 3 atom stereocenters. The first-order chi connectivity index (χ1) is 14.0. The third kappa shape index (κ3) is 4.94. The zero-order chi connectivity index (χ0) is 20.3. The minimum atomic E-state index is -0.395. The lowest BCUT2D eigenvalue weighted by Gasteiger charge is -2.24. The number of anilines is 1. The topological polar surface area (TPSA) is 131 Å². The Labute approximate surface area is 167 Å². The molecule has 2 aromatic rings. The number of H-pyrrole nitrogens is 1. The largest absolute Gasteiger partial charge is 0.446 e. The summed E-state index contributed by atoms with van der Waals surface area (Å²) in [6.07, 6.45) is 4.23. The number of nitrogens with one attached hydrogen (secondary N) is 3. The Hall–Kier alpha value is -2.88. The second-order valence-corrected chi connectivity index (χ2v) is 7.94. The third-order valence-electron chi connectivity index (χ3n) is 5.41. The first kappa shape index (κ1) is 19.4. The van der Waals surface area contributed by atoms with E-state index in [0.717, 1.165) is 25.0 Å². The number of amides is 2. The van der Waals surface area contributed by atoms with Gasteiger partial charge < -0.3 is 24.6 Å². The molecule has 2 aliphatic rings. The van der Waals surface area contributed by atoms with E-state index in [2.05, 4.69) is 26.0 Å². The minimum absolute atomic E-state index is 0.0978. The zero-order valence-corrected chi connectivity index (χ0v) is 16.3. The summed E-state index contributed by atoms with van der Waals surface area (Å²) in [6.45, 7) is 3.12. The lowest BCUT2D eigenvalue weighted by molar-refractivity contribution is -0.115. The first-order valence-corrected chi connectivity index (χ1v) is 9.80. The second-order valence-electron chi connectivity index (χ2n) is 7.94. The molecule has 2 amide bonds. The molecule has 4 rings (SSSR count). The maximum absolute atomic E-state index is 12.2. The van der Waals surface area contributed by atoms with Crippen molar-refractivity contribution in [1.82, 2.24) is 20.7 Å². The van der Waals surface area contributed by atoms with Gasteiger partial charge in [0.2, 0.25) is 5.91 Å². The molecule has 10 heteroatoms. The van der Waals surface area contributed by atoms with Crippen molar-refractivity contribution in [3.05, 3.63) is 29.8 Å². The predicted molar refractivity (Wildman–Crippen MR) is 101 cm³/mol. The van der Waals surface area contributed by atoms with Crippen molar-refractivity contribution in [2.75, 3.05) is 18.5 Å². The van der Waals surface area contributed by atoms with E-state index in [4.69, 9.17) is 14.0 Å². The number of rotatable bonds is 6. The molecule has 0 aromatic carbocycles. The van der Waals surface area contributed by atoms with Crippen molar-refractivity contribution < 1.29 is 23.6 Å². The van der Waals surface area contributed by atoms with E-state index in [9.17, 15) is 9.59 Å². The molecule has 156 valence electrons. The summed E-state index contributed by atoms with van der Waals surface area (Å²) in [5, 5.41) is 16.4. The summed E-state index contributed by atoms with van der Waals surface area (Å²) in [5.41, 5.74) is 0.569. The average Bonchev–Trinajstić information content (AvgIpc) is 3.43. The number of carbonyl (C=O) groups is 2. The van der Waals surface area contributed by atoms with Gasteiger partial charge in [-0.2, -0.15) is 5.10 Å². The number of hydrogen-bond acceptors (Lipinski definition) is 7. The van der Waals surface area contributed by atoms with Crippen LogP contribution >= 0.6 is 0 Å². The Morgan fingerprint density at radius 1 is 1.41 bits per heavy atom. The van der Waals surface area contributed by atoms with E-state index in [-0.39, 0.29) is 29.9 Å². The van der Waals surface area contributed by atoms with Crippen LogP contribution in [0.4, 0.5) is 10.6 Å². The molecule has 1 saturated heterocycles. The lowest BCUT2D eigenvalue weighted by atomic mass is 10.0. The standard InChI is InChI=1S/C19H25N5O5/c1-19(5-7-27-11-19)22-18(26)28-13-3-2-12(8-13)15-10-16(24-23-15)21-17(25)9-14-4-6-20-29-14/h4,6,10,12-13H,2-3,5,7-9,11H2,1H3,(H,22,26)(H2,21,23,24,25)/t12-,13+,19?/m0/s1. The Morgan fingerprint density at radius 3 is 3.07 bits per heavy atom. The van der Waals surface area contributed by atoms with E-state index in [0.29, 0.717) is 31.2 Å². The molecule has 1 unspecified atom stereocenters. The van der Waals surface area contributed by atoms with Crippen molar-refractivity contribution in [3.63, 3.8) is 0 Å². The summed E-state index contributed by atoms with van der Waals surface area (Å²) >= 11 is 0. The van der Waals surface area contributed by atoms with Crippen LogP contribution in [0.5, 0.6) is 0 Å². The van der Waals surface area contributed by atoms with Crippen LogP contribution in [0, 0.1) is 0 Å². The van der Waals surface area contributed by atoms with E-state index in [1.807, 2.05) is 13.0 Å². The van der Waals surface area contributed by atoms with Crippen LogP contribution in [-0.2, 0) is 20.7 Å². The molecule has 0 radical (unpaired) electrons. The Kier molecular flexibility index (Phi) is 5.52. The molecule has 10 nitrogen and oxygen atoms in total. The Morgan fingerprint density at radius 2 is 2.31 bits per heavy atom. The molecule has 3 N–H and O–H groups in total. The van der Waals surface area contributed by atoms with Crippen LogP contribution in [-0.4, -0.2) is 52.2 Å². The van der Waals surface area contributed by atoms with Gasteiger partial charge in [0, 0.05) is 30.4 Å². The SMILES string of the molecule is CC1(NC(=O)O[C@@H]2CC[C@H](c3cc(NC(=O)Cc4ccno4)n[nH]3)C2)CCOC1. The summed E-state index contributed by atoms with van der Waals surface area (Å²) < 4.78 is 15.9. The van der Waals surface area contributed by atoms with Crippen LogP contribution < -0.4 is 10.6 Å². The number of hydrogen-bond donors (Lipinski definition) is 3. The number of nitrogens with zero attached hydrogens (tertiary/aromatic N) is 2. The van der Waals surface area contributed by atoms with E-state index in [1.165, 1.54) is 6.20 Å². The summed E-state index contributed by atoms with van der Waals surface area (Å²) in [5.74, 6) is 0.922. The van der Waals surface area contributed by atoms with Gasteiger partial charge in [0.1, 0.15) is 11.9 Å². The smallest absolute Gasteiger partial charge is 0.407 e. The van der Waals surface area contributed by atoms with E-state index < -0.39 is 6.09 Å². The molecular formula is C19H25N5O5. The lowest BCUT2D eigenvalue weighted by Crippen LogP contribution is -2.47. The normalized spacial score (nSPS) is 26.4. The van der Waals surface area contributed by atoms with Crippen LogP contribution in [0.2, 0.25) is 0 Å². The number of alkyl carbamates (subject to hydrolysis) is 1. The van der Waals surface area contributed by atoms with Crippen molar-refractivity contribution in [1.29, 1.82) is 0 Å². The Bertz CT molecular complexity index is 843. The molecule has 29 heavy (non-hydrogen) atoms. The first-order valence-electron chi connectivity index (χ1n) is 9.80. The van der Waals surface area contributed by atoms with E-state index >= 15 is 0 Å². The van der Waals surface area contributed by atoms with Crippen LogP contribution in [0.15, 0.2) is 22.9 Å². The van der Waals surface area contributed by atoms with Crippen molar-refractivity contribution in [3.8, 4) is 0 Å². The molecule has 1 saturated carbocycles. The molecule has 1 aliphatic carbocycles. The van der Waals surface area contributed by atoms with Gasteiger partial charge in [-0.05, 0) is 32.6 Å². The molecule has 2 fully saturated rings. The molecule has 1 aliphatic heterocycles. The number of aromatic amines is 1. The molecule has 3 heterocycles. The monoisotopic (exact) mass is 403 g/mol.